The van der Waals surface area contributed by atoms with Gasteiger partial charge in [-0.3, -0.25) is 9.59 Å². The Bertz CT molecular complexity index is 892. The number of rotatable bonds is 3. The van der Waals surface area contributed by atoms with Crippen LogP contribution in [-0.4, -0.2) is 31.6 Å². The second kappa shape index (κ2) is 7.23. The largest absolute Gasteiger partial charge is 0.485 e. The van der Waals surface area contributed by atoms with Crippen LogP contribution in [0.15, 0.2) is 24.3 Å². The Labute approximate surface area is 161 Å². The fourth-order valence-corrected chi connectivity index (χ4v) is 4.96. The standard InChI is InChI=1S/C20H22N2O4S/c1-11-7-8-12-16(9-11)27-20(17(12)19(24)21-2)22-18(23)15-10-25-13-5-3-4-6-14(13)26-15/h3-6,11,15H,7-10H2,1-2H3,(H,21,24)(H,22,23). The Kier molecular flexibility index (Phi) is 4.78. The summed E-state index contributed by atoms with van der Waals surface area (Å²) in [4.78, 5) is 26.4. The molecule has 0 fully saturated rings. The fourth-order valence-electron chi connectivity index (χ4n) is 3.55. The van der Waals surface area contributed by atoms with Crippen LogP contribution < -0.4 is 20.1 Å². The Balaban J connectivity index is 1.57. The van der Waals surface area contributed by atoms with Crippen molar-refractivity contribution in [1.82, 2.24) is 5.32 Å². The second-order valence-corrected chi connectivity index (χ2v) is 8.09. The molecule has 2 heterocycles. The van der Waals surface area contributed by atoms with E-state index in [1.807, 2.05) is 18.2 Å². The molecule has 7 heteroatoms. The molecule has 2 aromatic rings. The number of carbonyl (C=O) groups excluding carboxylic acids is 2. The average molecular weight is 386 g/mol. The Morgan fingerprint density at radius 3 is 2.78 bits per heavy atom. The summed E-state index contributed by atoms with van der Waals surface area (Å²) in [6.45, 7) is 2.35. The van der Waals surface area contributed by atoms with Crippen molar-refractivity contribution < 1.29 is 19.1 Å². The molecule has 2 unspecified atom stereocenters. The van der Waals surface area contributed by atoms with Gasteiger partial charge in [-0.2, -0.15) is 0 Å². The fraction of sp³-hybridized carbons (Fsp3) is 0.400. The summed E-state index contributed by atoms with van der Waals surface area (Å²) >= 11 is 1.50. The maximum atomic E-state index is 12.8. The molecule has 2 aliphatic rings. The van der Waals surface area contributed by atoms with Crippen LogP contribution in [0.2, 0.25) is 0 Å². The van der Waals surface area contributed by atoms with Crippen LogP contribution in [0.5, 0.6) is 11.5 Å². The van der Waals surface area contributed by atoms with Crippen LogP contribution in [0.4, 0.5) is 5.00 Å². The zero-order valence-electron chi connectivity index (χ0n) is 15.3. The van der Waals surface area contributed by atoms with Crippen LogP contribution in [0, 0.1) is 5.92 Å². The number of benzene rings is 1. The smallest absolute Gasteiger partial charge is 0.269 e. The lowest BCUT2D eigenvalue weighted by molar-refractivity contribution is -0.125. The van der Waals surface area contributed by atoms with Gasteiger partial charge in [0.15, 0.2) is 11.5 Å². The number of hydrogen-bond acceptors (Lipinski definition) is 5. The number of thiophene rings is 1. The third-order valence-corrected chi connectivity index (χ3v) is 6.17. The van der Waals surface area contributed by atoms with Gasteiger partial charge in [0, 0.05) is 11.9 Å². The highest BCUT2D eigenvalue weighted by atomic mass is 32.1. The molecule has 0 spiro atoms. The molecule has 6 nitrogen and oxygen atoms in total. The molecule has 2 N–H and O–H groups in total. The molecular formula is C20H22N2O4S. The van der Waals surface area contributed by atoms with Crippen LogP contribution in [-0.2, 0) is 17.6 Å². The molecule has 1 aliphatic heterocycles. The van der Waals surface area contributed by atoms with E-state index in [1.54, 1.807) is 13.1 Å². The van der Waals surface area contributed by atoms with Crippen molar-refractivity contribution in [3.8, 4) is 11.5 Å². The molecular weight excluding hydrogens is 364 g/mol. The summed E-state index contributed by atoms with van der Waals surface area (Å²) < 4.78 is 11.4. The lowest BCUT2D eigenvalue weighted by atomic mass is 9.88. The van der Waals surface area contributed by atoms with Crippen LogP contribution in [0.3, 0.4) is 0 Å². The summed E-state index contributed by atoms with van der Waals surface area (Å²) in [5, 5.41) is 6.21. The van der Waals surface area contributed by atoms with E-state index in [0.29, 0.717) is 28.0 Å². The summed E-state index contributed by atoms with van der Waals surface area (Å²) in [6, 6.07) is 7.27. The summed E-state index contributed by atoms with van der Waals surface area (Å²) in [5.41, 5.74) is 1.66. The van der Waals surface area contributed by atoms with E-state index in [0.717, 1.165) is 24.8 Å². The number of amides is 2. The van der Waals surface area contributed by atoms with E-state index in [9.17, 15) is 9.59 Å². The molecule has 2 atom stereocenters. The first kappa shape index (κ1) is 17.9. The quantitative estimate of drug-likeness (QED) is 0.850. The van der Waals surface area contributed by atoms with Gasteiger partial charge in [0.25, 0.3) is 11.8 Å². The van der Waals surface area contributed by atoms with E-state index >= 15 is 0 Å². The minimum absolute atomic E-state index is 0.139. The second-order valence-electron chi connectivity index (χ2n) is 6.99. The van der Waals surface area contributed by atoms with Crippen molar-refractivity contribution in [2.24, 2.45) is 5.92 Å². The molecule has 4 rings (SSSR count). The molecule has 1 aliphatic carbocycles. The topological polar surface area (TPSA) is 76.7 Å². The van der Waals surface area contributed by atoms with Crippen LogP contribution in [0.1, 0.15) is 34.1 Å². The first-order chi connectivity index (χ1) is 13.1. The first-order valence-corrected chi connectivity index (χ1v) is 9.94. The van der Waals surface area contributed by atoms with Gasteiger partial charge in [-0.05, 0) is 42.9 Å². The minimum atomic E-state index is -0.754. The molecule has 1 aromatic heterocycles. The molecule has 1 aromatic carbocycles. The molecule has 27 heavy (non-hydrogen) atoms. The number of para-hydroxylation sites is 2. The number of nitrogens with one attached hydrogen (secondary N) is 2. The van der Waals surface area contributed by atoms with Crippen LogP contribution in [0.25, 0.3) is 0 Å². The summed E-state index contributed by atoms with van der Waals surface area (Å²) in [6.07, 6.45) is 2.10. The predicted molar refractivity (Wildman–Crippen MR) is 104 cm³/mol. The van der Waals surface area contributed by atoms with Gasteiger partial charge < -0.3 is 20.1 Å². The van der Waals surface area contributed by atoms with Crippen molar-refractivity contribution in [2.45, 2.75) is 32.3 Å². The van der Waals surface area contributed by atoms with Gasteiger partial charge in [-0.1, -0.05) is 19.1 Å². The van der Waals surface area contributed by atoms with E-state index in [-0.39, 0.29) is 18.4 Å². The first-order valence-electron chi connectivity index (χ1n) is 9.12. The minimum Gasteiger partial charge on any atom is -0.485 e. The highest BCUT2D eigenvalue weighted by Gasteiger charge is 2.31. The summed E-state index contributed by atoms with van der Waals surface area (Å²) in [5.74, 6) is 1.30. The van der Waals surface area contributed by atoms with Gasteiger partial charge in [0.1, 0.15) is 11.6 Å². The number of carbonyl (C=O) groups is 2. The Morgan fingerprint density at radius 1 is 1.22 bits per heavy atom. The molecule has 0 bridgehead atoms. The van der Waals surface area contributed by atoms with E-state index < -0.39 is 6.10 Å². The molecule has 0 saturated carbocycles. The SMILES string of the molecule is CNC(=O)c1c(NC(=O)C2COc3ccccc3O2)sc2c1CCC(C)C2. The zero-order chi connectivity index (χ0) is 19.0. The Morgan fingerprint density at radius 2 is 2.00 bits per heavy atom. The van der Waals surface area contributed by atoms with E-state index in [1.165, 1.54) is 16.2 Å². The molecule has 0 saturated heterocycles. The lowest BCUT2D eigenvalue weighted by Gasteiger charge is -2.25. The zero-order valence-corrected chi connectivity index (χ0v) is 16.2. The number of ether oxygens (including phenoxy) is 2. The Hall–Kier alpha value is -2.54. The predicted octanol–water partition coefficient (Wildman–Crippen LogP) is 3.01. The third-order valence-electron chi connectivity index (χ3n) is 5.00. The van der Waals surface area contributed by atoms with Gasteiger partial charge in [0.2, 0.25) is 6.10 Å². The summed E-state index contributed by atoms with van der Waals surface area (Å²) in [7, 11) is 1.61. The molecule has 0 radical (unpaired) electrons. The van der Waals surface area contributed by atoms with Gasteiger partial charge >= 0.3 is 0 Å². The third kappa shape index (κ3) is 3.39. The van der Waals surface area contributed by atoms with Crippen molar-refractivity contribution in [3.05, 3.63) is 40.3 Å². The van der Waals surface area contributed by atoms with Crippen molar-refractivity contribution in [1.29, 1.82) is 0 Å². The molecule has 2 amide bonds. The average Bonchev–Trinajstić information content (AvgIpc) is 3.03. The molecule has 142 valence electrons. The number of hydrogen-bond donors (Lipinski definition) is 2. The normalized spacial score (nSPS) is 20.5. The van der Waals surface area contributed by atoms with E-state index in [4.69, 9.17) is 9.47 Å². The van der Waals surface area contributed by atoms with Gasteiger partial charge in [-0.15, -0.1) is 11.3 Å². The van der Waals surface area contributed by atoms with Crippen LogP contribution >= 0.6 is 11.3 Å². The highest BCUT2D eigenvalue weighted by molar-refractivity contribution is 7.17. The van der Waals surface area contributed by atoms with Crippen molar-refractivity contribution >= 4 is 28.2 Å². The number of fused-ring (bicyclic) bond motifs is 2. The highest BCUT2D eigenvalue weighted by Crippen LogP contribution is 2.40. The number of anilines is 1. The van der Waals surface area contributed by atoms with Crippen molar-refractivity contribution in [2.75, 3.05) is 19.0 Å². The van der Waals surface area contributed by atoms with Gasteiger partial charge in [0.05, 0.1) is 5.56 Å². The van der Waals surface area contributed by atoms with E-state index in [2.05, 4.69) is 17.6 Å². The maximum Gasteiger partial charge on any atom is 0.269 e. The lowest BCUT2D eigenvalue weighted by Crippen LogP contribution is -2.40. The monoisotopic (exact) mass is 386 g/mol. The maximum absolute atomic E-state index is 12.8. The van der Waals surface area contributed by atoms with Crippen molar-refractivity contribution in [3.63, 3.8) is 0 Å². The van der Waals surface area contributed by atoms with Gasteiger partial charge in [-0.25, -0.2) is 0 Å².